The molecule has 2 heterocycles. The molecule has 0 unspecified atom stereocenters. The van der Waals surface area contributed by atoms with E-state index in [0.29, 0.717) is 6.54 Å². The molecule has 1 aliphatic heterocycles. The van der Waals surface area contributed by atoms with Crippen LogP contribution >= 0.6 is 0 Å². The van der Waals surface area contributed by atoms with Crippen LogP contribution in [-0.4, -0.2) is 46.8 Å². The van der Waals surface area contributed by atoms with Gasteiger partial charge < -0.3 is 14.4 Å². The third kappa shape index (κ3) is 3.86. The fourth-order valence-corrected chi connectivity index (χ4v) is 3.59. The minimum absolute atomic E-state index is 0.0248. The lowest BCUT2D eigenvalue weighted by Gasteiger charge is -2.25. The Morgan fingerprint density at radius 1 is 1.14 bits per heavy atom. The smallest absolute Gasteiger partial charge is 0.263 e. The van der Waals surface area contributed by atoms with Gasteiger partial charge in [0.25, 0.3) is 11.5 Å². The lowest BCUT2D eigenvalue weighted by atomic mass is 9.99. The van der Waals surface area contributed by atoms with E-state index in [1.807, 2.05) is 0 Å². The molecular formula is C22H27N3O3. The van der Waals surface area contributed by atoms with E-state index in [1.165, 1.54) is 20.6 Å². The molecule has 0 saturated carbocycles. The maximum absolute atomic E-state index is 13.2. The molecule has 6 heteroatoms. The lowest BCUT2D eigenvalue weighted by molar-refractivity contribution is -0.129. The standard InChI is InChI=1S/C22H27N3O3/c1-15-9-10-17(13-16(15)2)19-8-6-12-25(19)22(28)18-7-5-11-24(21(18)27)14-20(26)23(3)4/h5,7,9-11,13,19H,6,8,12,14H2,1-4H3/t19-/m0/s1. The average molecular weight is 381 g/mol. The summed E-state index contributed by atoms with van der Waals surface area (Å²) in [5.74, 6) is -0.460. The number of rotatable bonds is 4. The number of hydrogen-bond donors (Lipinski definition) is 0. The summed E-state index contributed by atoms with van der Waals surface area (Å²) in [7, 11) is 3.28. The maximum atomic E-state index is 13.2. The second kappa shape index (κ2) is 8.00. The van der Waals surface area contributed by atoms with E-state index in [4.69, 9.17) is 0 Å². The number of hydrogen-bond acceptors (Lipinski definition) is 3. The van der Waals surface area contributed by atoms with Crippen molar-refractivity contribution in [3.8, 4) is 0 Å². The molecule has 1 fully saturated rings. The molecule has 0 N–H and O–H groups in total. The molecule has 1 aromatic carbocycles. The molecule has 0 aliphatic carbocycles. The van der Waals surface area contributed by atoms with Crippen molar-refractivity contribution in [2.45, 2.75) is 39.3 Å². The van der Waals surface area contributed by atoms with Crippen molar-refractivity contribution in [2.24, 2.45) is 0 Å². The van der Waals surface area contributed by atoms with Crippen LogP contribution in [0.15, 0.2) is 41.3 Å². The molecule has 28 heavy (non-hydrogen) atoms. The van der Waals surface area contributed by atoms with E-state index in [9.17, 15) is 14.4 Å². The zero-order valence-electron chi connectivity index (χ0n) is 16.9. The second-order valence-electron chi connectivity index (χ2n) is 7.64. The Balaban J connectivity index is 1.89. The van der Waals surface area contributed by atoms with Crippen LogP contribution in [0.2, 0.25) is 0 Å². The molecule has 2 aromatic rings. The third-order valence-electron chi connectivity index (χ3n) is 5.48. The molecular weight excluding hydrogens is 354 g/mol. The van der Waals surface area contributed by atoms with E-state index in [2.05, 4.69) is 32.0 Å². The second-order valence-corrected chi connectivity index (χ2v) is 7.64. The summed E-state index contributed by atoms with van der Waals surface area (Å²) < 4.78 is 1.30. The Morgan fingerprint density at radius 2 is 1.89 bits per heavy atom. The van der Waals surface area contributed by atoms with Gasteiger partial charge in [-0.25, -0.2) is 0 Å². The van der Waals surface area contributed by atoms with E-state index < -0.39 is 5.56 Å². The molecule has 6 nitrogen and oxygen atoms in total. The van der Waals surface area contributed by atoms with Gasteiger partial charge in [-0.3, -0.25) is 14.4 Å². The number of carbonyl (C=O) groups excluding carboxylic acids is 2. The van der Waals surface area contributed by atoms with Crippen LogP contribution in [0.25, 0.3) is 0 Å². The first-order valence-electron chi connectivity index (χ1n) is 9.57. The molecule has 2 amide bonds. The van der Waals surface area contributed by atoms with Gasteiger partial charge in [-0.15, -0.1) is 0 Å². The lowest BCUT2D eigenvalue weighted by Crippen LogP contribution is -2.38. The quantitative estimate of drug-likeness (QED) is 0.818. The number of aromatic nitrogens is 1. The molecule has 1 atom stereocenters. The number of likely N-dealkylation sites (N-methyl/N-ethyl adjacent to an activating group) is 1. The highest BCUT2D eigenvalue weighted by Gasteiger charge is 2.32. The zero-order valence-corrected chi connectivity index (χ0v) is 16.9. The maximum Gasteiger partial charge on any atom is 0.263 e. The summed E-state index contributed by atoms with van der Waals surface area (Å²) in [5.41, 5.74) is 3.21. The van der Waals surface area contributed by atoms with Crippen LogP contribution < -0.4 is 5.56 Å². The van der Waals surface area contributed by atoms with Crippen molar-refractivity contribution in [3.63, 3.8) is 0 Å². The highest BCUT2D eigenvalue weighted by Crippen LogP contribution is 2.33. The normalized spacial score (nSPS) is 16.3. The molecule has 3 rings (SSSR count). The summed E-state index contributed by atoms with van der Waals surface area (Å²) in [4.78, 5) is 41.2. The van der Waals surface area contributed by atoms with Gasteiger partial charge in [0, 0.05) is 26.8 Å². The molecule has 0 bridgehead atoms. The number of benzene rings is 1. The predicted octanol–water partition coefficient (Wildman–Crippen LogP) is 2.53. The van der Waals surface area contributed by atoms with Gasteiger partial charge in [0.2, 0.25) is 5.91 Å². The number of likely N-dealkylation sites (tertiary alicyclic amines) is 1. The highest BCUT2D eigenvalue weighted by molar-refractivity contribution is 5.94. The predicted molar refractivity (Wildman–Crippen MR) is 108 cm³/mol. The first-order valence-corrected chi connectivity index (χ1v) is 9.57. The number of aryl methyl sites for hydroxylation is 2. The van der Waals surface area contributed by atoms with Crippen LogP contribution in [0, 0.1) is 13.8 Å². The minimum Gasteiger partial charge on any atom is -0.347 e. The van der Waals surface area contributed by atoms with Crippen LogP contribution in [0.1, 0.15) is 45.9 Å². The number of pyridine rings is 1. The Kier molecular flexibility index (Phi) is 5.68. The van der Waals surface area contributed by atoms with Gasteiger partial charge in [0.05, 0.1) is 6.04 Å². The highest BCUT2D eigenvalue weighted by atomic mass is 16.2. The summed E-state index contributed by atoms with van der Waals surface area (Å²) in [5, 5.41) is 0. The van der Waals surface area contributed by atoms with Crippen molar-refractivity contribution in [1.82, 2.24) is 14.4 Å². The van der Waals surface area contributed by atoms with Crippen molar-refractivity contribution in [2.75, 3.05) is 20.6 Å². The van der Waals surface area contributed by atoms with Gasteiger partial charge >= 0.3 is 0 Å². The fraction of sp³-hybridized carbons (Fsp3) is 0.409. The van der Waals surface area contributed by atoms with E-state index in [0.717, 1.165) is 18.4 Å². The molecule has 0 radical (unpaired) electrons. The summed E-state index contributed by atoms with van der Waals surface area (Å²) in [6, 6.07) is 9.45. The largest absolute Gasteiger partial charge is 0.347 e. The summed E-state index contributed by atoms with van der Waals surface area (Å²) >= 11 is 0. The van der Waals surface area contributed by atoms with Gasteiger partial charge in [0.15, 0.2) is 0 Å². The Labute approximate surface area is 165 Å². The fourth-order valence-electron chi connectivity index (χ4n) is 3.59. The van der Waals surface area contributed by atoms with E-state index >= 15 is 0 Å². The number of nitrogens with zero attached hydrogens (tertiary/aromatic N) is 3. The molecule has 1 aromatic heterocycles. The van der Waals surface area contributed by atoms with Crippen LogP contribution in [0.3, 0.4) is 0 Å². The zero-order chi connectivity index (χ0) is 20.4. The van der Waals surface area contributed by atoms with E-state index in [1.54, 1.807) is 37.3 Å². The third-order valence-corrected chi connectivity index (χ3v) is 5.48. The Bertz CT molecular complexity index is 962. The molecule has 0 spiro atoms. The first-order chi connectivity index (χ1) is 13.3. The van der Waals surface area contributed by atoms with Crippen LogP contribution in [0.4, 0.5) is 0 Å². The molecule has 1 aliphatic rings. The van der Waals surface area contributed by atoms with Gasteiger partial charge in [0.1, 0.15) is 12.1 Å². The van der Waals surface area contributed by atoms with Gasteiger partial charge in [-0.05, 0) is 55.5 Å². The number of carbonyl (C=O) groups is 2. The Morgan fingerprint density at radius 3 is 2.57 bits per heavy atom. The van der Waals surface area contributed by atoms with Gasteiger partial charge in [-0.1, -0.05) is 18.2 Å². The Hall–Kier alpha value is -2.89. The SMILES string of the molecule is Cc1ccc([C@@H]2CCCN2C(=O)c2cccn(CC(=O)N(C)C)c2=O)cc1C. The van der Waals surface area contributed by atoms with Crippen LogP contribution in [0.5, 0.6) is 0 Å². The summed E-state index contributed by atoms with van der Waals surface area (Å²) in [6.07, 6.45) is 3.34. The monoisotopic (exact) mass is 381 g/mol. The molecule has 148 valence electrons. The molecule has 1 saturated heterocycles. The summed E-state index contributed by atoms with van der Waals surface area (Å²) in [6.45, 7) is 4.69. The average Bonchev–Trinajstić information content (AvgIpc) is 3.14. The minimum atomic E-state index is -0.423. The first kappa shape index (κ1) is 19.9. The van der Waals surface area contributed by atoms with Gasteiger partial charge in [-0.2, -0.15) is 0 Å². The van der Waals surface area contributed by atoms with Crippen molar-refractivity contribution in [1.29, 1.82) is 0 Å². The van der Waals surface area contributed by atoms with Crippen molar-refractivity contribution in [3.05, 3.63) is 69.1 Å². The number of amides is 2. The van der Waals surface area contributed by atoms with Crippen LogP contribution in [-0.2, 0) is 11.3 Å². The van der Waals surface area contributed by atoms with Crippen molar-refractivity contribution >= 4 is 11.8 Å². The van der Waals surface area contributed by atoms with Crippen molar-refractivity contribution < 1.29 is 9.59 Å². The van der Waals surface area contributed by atoms with E-state index in [-0.39, 0.29) is 30.0 Å². The topological polar surface area (TPSA) is 62.6 Å².